The van der Waals surface area contributed by atoms with E-state index in [9.17, 15) is 23.3 Å². The molecule has 0 aliphatic heterocycles. The Bertz CT molecular complexity index is 812. The minimum atomic E-state index is -4.55. The molecular formula is C15H12F3N3O3S. The fraction of sp³-hybridized carbons (Fsp3) is 0.133. The van der Waals surface area contributed by atoms with Gasteiger partial charge in [0, 0.05) is 12.1 Å². The van der Waals surface area contributed by atoms with E-state index in [1.54, 1.807) is 0 Å². The van der Waals surface area contributed by atoms with Gasteiger partial charge in [-0.25, -0.2) is 0 Å². The normalized spacial score (nSPS) is 10.9. The first-order valence-electron chi connectivity index (χ1n) is 6.79. The van der Waals surface area contributed by atoms with Crippen LogP contribution in [0.1, 0.15) is 5.56 Å². The van der Waals surface area contributed by atoms with Crippen molar-refractivity contribution in [2.45, 2.75) is 6.18 Å². The summed E-state index contributed by atoms with van der Waals surface area (Å²) in [7, 11) is 1.35. The lowest BCUT2D eigenvalue weighted by molar-refractivity contribution is -0.384. The lowest BCUT2D eigenvalue weighted by atomic mass is 10.1. The predicted octanol–water partition coefficient (Wildman–Crippen LogP) is 4.43. The summed E-state index contributed by atoms with van der Waals surface area (Å²) in [5.74, 6) is 0.249. The molecule has 0 spiro atoms. The first-order valence-corrected chi connectivity index (χ1v) is 7.20. The van der Waals surface area contributed by atoms with Crippen LogP contribution in [0.3, 0.4) is 0 Å². The van der Waals surface area contributed by atoms with Gasteiger partial charge in [0.15, 0.2) is 5.11 Å². The topological polar surface area (TPSA) is 76.4 Å². The van der Waals surface area contributed by atoms with Crippen molar-refractivity contribution in [3.8, 4) is 5.75 Å². The van der Waals surface area contributed by atoms with E-state index < -0.39 is 16.7 Å². The molecule has 0 aliphatic rings. The molecule has 0 atom stereocenters. The number of hydrogen-bond acceptors (Lipinski definition) is 4. The third kappa shape index (κ3) is 4.57. The molecule has 0 fully saturated rings. The van der Waals surface area contributed by atoms with Gasteiger partial charge < -0.3 is 15.4 Å². The van der Waals surface area contributed by atoms with Gasteiger partial charge in [-0.1, -0.05) is 12.1 Å². The highest BCUT2D eigenvalue weighted by Crippen LogP contribution is 2.35. The van der Waals surface area contributed by atoms with Crippen molar-refractivity contribution in [1.29, 1.82) is 0 Å². The SMILES string of the molecule is COc1ccc([N+](=O)[O-])cc1NC(=S)Nc1ccccc1C(F)(F)F. The number of halogens is 3. The van der Waals surface area contributed by atoms with Crippen molar-refractivity contribution < 1.29 is 22.8 Å². The molecular weight excluding hydrogens is 359 g/mol. The van der Waals surface area contributed by atoms with Crippen LogP contribution >= 0.6 is 12.2 Å². The maximum absolute atomic E-state index is 13.0. The molecule has 0 saturated heterocycles. The Morgan fingerprint density at radius 2 is 1.80 bits per heavy atom. The van der Waals surface area contributed by atoms with Crippen LogP contribution in [-0.4, -0.2) is 17.1 Å². The number of benzene rings is 2. The van der Waals surface area contributed by atoms with E-state index in [-0.39, 0.29) is 27.9 Å². The monoisotopic (exact) mass is 371 g/mol. The lowest BCUT2D eigenvalue weighted by Gasteiger charge is -2.16. The highest BCUT2D eigenvalue weighted by Gasteiger charge is 2.33. The molecule has 6 nitrogen and oxygen atoms in total. The smallest absolute Gasteiger partial charge is 0.418 e. The number of ether oxygens (including phenoxy) is 1. The summed E-state index contributed by atoms with van der Waals surface area (Å²) in [6.07, 6.45) is -4.55. The summed E-state index contributed by atoms with van der Waals surface area (Å²) < 4.78 is 44.0. The molecule has 0 radical (unpaired) electrons. The van der Waals surface area contributed by atoms with Crippen LogP contribution in [0.15, 0.2) is 42.5 Å². The Balaban J connectivity index is 2.24. The molecule has 0 bridgehead atoms. The Labute approximate surface area is 145 Å². The molecule has 0 unspecified atom stereocenters. The fourth-order valence-electron chi connectivity index (χ4n) is 2.02. The number of anilines is 2. The van der Waals surface area contributed by atoms with E-state index in [1.807, 2.05) is 0 Å². The number of hydrogen-bond donors (Lipinski definition) is 2. The zero-order chi connectivity index (χ0) is 18.6. The molecule has 0 aliphatic carbocycles. The van der Waals surface area contributed by atoms with Gasteiger partial charge in [-0.3, -0.25) is 10.1 Å². The second-order valence-electron chi connectivity index (χ2n) is 4.76. The summed E-state index contributed by atoms with van der Waals surface area (Å²) in [5.41, 5.74) is -1.19. The molecule has 2 aromatic rings. The number of nitro benzene ring substituents is 1. The highest BCUT2D eigenvalue weighted by molar-refractivity contribution is 7.80. The van der Waals surface area contributed by atoms with Crippen LogP contribution in [0.4, 0.5) is 30.2 Å². The van der Waals surface area contributed by atoms with Crippen molar-refractivity contribution in [2.75, 3.05) is 17.7 Å². The van der Waals surface area contributed by atoms with Crippen molar-refractivity contribution in [1.82, 2.24) is 0 Å². The zero-order valence-corrected chi connectivity index (χ0v) is 13.6. The minimum absolute atomic E-state index is 0.152. The number of nitrogens with one attached hydrogen (secondary N) is 2. The number of nitrogens with zero attached hydrogens (tertiary/aromatic N) is 1. The number of rotatable bonds is 4. The minimum Gasteiger partial charge on any atom is -0.495 e. The molecule has 0 saturated carbocycles. The first-order chi connectivity index (χ1) is 11.7. The van der Waals surface area contributed by atoms with Crippen LogP contribution in [0.2, 0.25) is 0 Å². The van der Waals surface area contributed by atoms with E-state index in [1.165, 1.54) is 43.5 Å². The standard InChI is InChI=1S/C15H12F3N3O3S/c1-24-13-7-6-9(21(22)23)8-12(13)20-14(25)19-11-5-3-2-4-10(11)15(16,17)18/h2-8H,1H3,(H2,19,20,25). The van der Waals surface area contributed by atoms with Gasteiger partial charge in [-0.2, -0.15) is 13.2 Å². The average molecular weight is 371 g/mol. The molecule has 2 aromatic carbocycles. The van der Waals surface area contributed by atoms with E-state index >= 15 is 0 Å². The summed E-state index contributed by atoms with van der Waals surface area (Å²) in [6.45, 7) is 0. The number of alkyl halides is 3. The number of nitro groups is 1. The number of non-ortho nitro benzene ring substituents is 1. The van der Waals surface area contributed by atoms with E-state index in [0.29, 0.717) is 0 Å². The van der Waals surface area contributed by atoms with Crippen LogP contribution in [0.5, 0.6) is 5.75 Å². The molecule has 2 rings (SSSR count). The largest absolute Gasteiger partial charge is 0.495 e. The fourth-order valence-corrected chi connectivity index (χ4v) is 2.24. The summed E-state index contributed by atoms with van der Waals surface area (Å²) >= 11 is 5.00. The summed E-state index contributed by atoms with van der Waals surface area (Å²) in [4.78, 5) is 10.2. The van der Waals surface area contributed by atoms with Crippen LogP contribution in [-0.2, 0) is 6.18 Å². The van der Waals surface area contributed by atoms with E-state index in [2.05, 4.69) is 10.6 Å². The van der Waals surface area contributed by atoms with Gasteiger partial charge in [0.05, 0.1) is 29.0 Å². The van der Waals surface area contributed by atoms with Gasteiger partial charge in [0.25, 0.3) is 5.69 Å². The molecule has 0 aromatic heterocycles. The molecule has 132 valence electrons. The van der Waals surface area contributed by atoms with Gasteiger partial charge in [0.2, 0.25) is 0 Å². The van der Waals surface area contributed by atoms with Crippen LogP contribution in [0.25, 0.3) is 0 Å². The average Bonchev–Trinajstić information content (AvgIpc) is 2.54. The quantitative estimate of drug-likeness (QED) is 0.470. The maximum atomic E-state index is 13.0. The highest BCUT2D eigenvalue weighted by atomic mass is 32.1. The molecule has 25 heavy (non-hydrogen) atoms. The molecule has 0 amide bonds. The Morgan fingerprint density at radius 3 is 2.40 bits per heavy atom. The van der Waals surface area contributed by atoms with Crippen molar-refractivity contribution >= 4 is 34.4 Å². The molecule has 0 heterocycles. The van der Waals surface area contributed by atoms with Crippen LogP contribution < -0.4 is 15.4 Å². The maximum Gasteiger partial charge on any atom is 0.418 e. The van der Waals surface area contributed by atoms with Crippen LogP contribution in [0, 0.1) is 10.1 Å². The second kappa shape index (κ2) is 7.34. The van der Waals surface area contributed by atoms with Gasteiger partial charge >= 0.3 is 6.18 Å². The number of thiocarbonyl (C=S) groups is 1. The third-order valence-corrected chi connectivity index (χ3v) is 3.33. The lowest BCUT2D eigenvalue weighted by Crippen LogP contribution is -2.22. The molecule has 2 N–H and O–H groups in total. The zero-order valence-electron chi connectivity index (χ0n) is 12.8. The number of para-hydroxylation sites is 1. The van der Waals surface area contributed by atoms with Crippen molar-refractivity contribution in [3.63, 3.8) is 0 Å². The van der Waals surface area contributed by atoms with Crippen molar-refractivity contribution in [3.05, 3.63) is 58.1 Å². The Kier molecular flexibility index (Phi) is 5.42. The summed E-state index contributed by atoms with van der Waals surface area (Å²) in [6, 6.07) is 8.58. The second-order valence-corrected chi connectivity index (χ2v) is 5.17. The number of methoxy groups -OCH3 is 1. The van der Waals surface area contributed by atoms with Gasteiger partial charge in [-0.15, -0.1) is 0 Å². The Hall–Kier alpha value is -2.88. The van der Waals surface area contributed by atoms with E-state index in [0.717, 1.165) is 6.07 Å². The third-order valence-electron chi connectivity index (χ3n) is 3.12. The summed E-state index contributed by atoms with van der Waals surface area (Å²) in [5, 5.41) is 15.7. The van der Waals surface area contributed by atoms with Crippen molar-refractivity contribution in [2.24, 2.45) is 0 Å². The predicted molar refractivity (Wildman–Crippen MR) is 90.9 cm³/mol. The van der Waals surface area contributed by atoms with E-state index in [4.69, 9.17) is 17.0 Å². The van der Waals surface area contributed by atoms with Gasteiger partial charge in [0.1, 0.15) is 5.75 Å². The first kappa shape index (κ1) is 18.5. The van der Waals surface area contributed by atoms with Gasteiger partial charge in [-0.05, 0) is 30.4 Å². The molecule has 10 heteroatoms. The Morgan fingerprint density at radius 1 is 1.16 bits per heavy atom.